The van der Waals surface area contributed by atoms with Gasteiger partial charge in [0, 0.05) is 37.3 Å². The molecular formula is C50H50N6O3. The highest BCUT2D eigenvalue weighted by Gasteiger charge is 2.57. The Morgan fingerprint density at radius 2 is 1.39 bits per heavy atom. The number of benzene rings is 5. The lowest BCUT2D eigenvalue weighted by Crippen LogP contribution is -2.46. The molecule has 5 aromatic carbocycles. The lowest BCUT2D eigenvalue weighted by atomic mass is 9.81. The van der Waals surface area contributed by atoms with Crippen LogP contribution in [0.2, 0.25) is 0 Å². The van der Waals surface area contributed by atoms with Crippen LogP contribution in [0.15, 0.2) is 103 Å². The molecule has 2 amide bonds. The second kappa shape index (κ2) is 14.8. The van der Waals surface area contributed by atoms with Crippen molar-refractivity contribution in [1.82, 2.24) is 29.7 Å². The summed E-state index contributed by atoms with van der Waals surface area (Å²) in [6.07, 6.45) is 11.4. The van der Waals surface area contributed by atoms with Crippen LogP contribution in [0.4, 0.5) is 0 Å². The topological polar surface area (TPSA) is 107 Å². The van der Waals surface area contributed by atoms with Gasteiger partial charge in [-0.15, -0.1) is 0 Å². The molecule has 3 aliphatic heterocycles. The maximum atomic E-state index is 14.2. The number of aromatic nitrogens is 4. The predicted octanol–water partition coefficient (Wildman–Crippen LogP) is 10.1. The summed E-state index contributed by atoms with van der Waals surface area (Å²) in [6.45, 7) is 3.13. The number of piperidine rings is 1. The van der Waals surface area contributed by atoms with Crippen LogP contribution in [-0.2, 0) is 20.7 Å². The number of hydrogen-bond donors (Lipinski definition) is 2. The molecule has 0 unspecified atom stereocenters. The fourth-order valence-corrected chi connectivity index (χ4v) is 10.6. The number of ether oxygens (including phenoxy) is 1. The molecule has 4 fully saturated rings. The van der Waals surface area contributed by atoms with Crippen LogP contribution in [-0.4, -0.2) is 67.9 Å². The van der Waals surface area contributed by atoms with Crippen molar-refractivity contribution in [3.05, 3.63) is 120 Å². The van der Waals surface area contributed by atoms with Crippen molar-refractivity contribution < 1.29 is 14.3 Å². The monoisotopic (exact) mass is 782 g/mol. The van der Waals surface area contributed by atoms with Crippen LogP contribution < -0.4 is 0 Å². The fourth-order valence-electron chi connectivity index (χ4n) is 10.6. The second-order valence-corrected chi connectivity index (χ2v) is 17.4. The highest BCUT2D eigenvalue weighted by molar-refractivity contribution is 6.05. The first-order valence-electron chi connectivity index (χ1n) is 21.7. The molecule has 2 N–H and O–H groups in total. The first kappa shape index (κ1) is 36.3. The Labute approximate surface area is 344 Å². The summed E-state index contributed by atoms with van der Waals surface area (Å²) >= 11 is 0. The maximum absolute atomic E-state index is 14.2. The van der Waals surface area contributed by atoms with E-state index in [2.05, 4.69) is 81.6 Å². The number of nitrogens with zero attached hydrogens (tertiary/aromatic N) is 4. The molecule has 9 heteroatoms. The molecule has 4 aliphatic rings. The van der Waals surface area contributed by atoms with Gasteiger partial charge in [-0.3, -0.25) is 9.59 Å². The number of carbonyl (C=O) groups is 2. The quantitative estimate of drug-likeness (QED) is 0.160. The van der Waals surface area contributed by atoms with E-state index in [9.17, 15) is 9.59 Å². The summed E-state index contributed by atoms with van der Waals surface area (Å²) in [7, 11) is 0. The average molecular weight is 783 g/mol. The number of hydrogen-bond acceptors (Lipinski definition) is 5. The predicted molar refractivity (Wildman–Crippen MR) is 231 cm³/mol. The van der Waals surface area contributed by atoms with Crippen molar-refractivity contribution in [2.24, 2.45) is 11.3 Å². The van der Waals surface area contributed by atoms with Crippen LogP contribution in [0.3, 0.4) is 0 Å². The van der Waals surface area contributed by atoms with Crippen molar-refractivity contribution in [2.45, 2.75) is 76.3 Å². The van der Waals surface area contributed by atoms with Crippen molar-refractivity contribution in [3.63, 3.8) is 0 Å². The van der Waals surface area contributed by atoms with Gasteiger partial charge in [-0.25, -0.2) is 9.97 Å². The van der Waals surface area contributed by atoms with Gasteiger partial charge in [0.05, 0.1) is 46.8 Å². The Morgan fingerprint density at radius 3 is 2.20 bits per heavy atom. The third kappa shape index (κ3) is 6.60. The van der Waals surface area contributed by atoms with E-state index in [4.69, 9.17) is 14.7 Å². The molecule has 2 aromatic heterocycles. The largest absolute Gasteiger partial charge is 0.381 e. The molecular weight excluding hydrogens is 733 g/mol. The van der Waals surface area contributed by atoms with Gasteiger partial charge in [-0.1, -0.05) is 72.8 Å². The summed E-state index contributed by atoms with van der Waals surface area (Å²) in [5.41, 5.74) is 7.19. The number of H-pyrrole nitrogens is 2. The number of rotatable bonds is 8. The number of likely N-dealkylation sites (tertiary alicyclic amines) is 2. The van der Waals surface area contributed by atoms with Gasteiger partial charge in [0.25, 0.3) is 0 Å². The summed E-state index contributed by atoms with van der Waals surface area (Å²) in [4.78, 5) is 49.0. The Morgan fingerprint density at radius 1 is 0.695 bits per heavy atom. The normalized spacial score (nSPS) is 20.8. The molecule has 0 radical (unpaired) electrons. The standard InChI is InChI=1S/C50H50N6O3/c57-45(27-32-7-2-1-3-8-32)55-24-6-10-44(55)48-52-41-18-16-37-29-36(15-17-40(37)46(41)54-48)33-11-12-35-30-38(14-13-34(35)28-33)42-31-51-47(53-42)43-9-4-5-23-56(43)49(58)50(21-22-50)39-19-25-59-26-20-39/h1-3,7-8,11-18,28-31,39,43-44H,4-6,9-10,19-27H2,(H,51,53)(H,52,54)/t43-,44-/m0/s1. The van der Waals surface area contributed by atoms with E-state index in [1.807, 2.05) is 41.4 Å². The van der Waals surface area contributed by atoms with E-state index in [0.717, 1.165) is 145 Å². The summed E-state index contributed by atoms with van der Waals surface area (Å²) in [5, 5.41) is 4.58. The van der Waals surface area contributed by atoms with Crippen molar-refractivity contribution in [2.75, 3.05) is 26.3 Å². The van der Waals surface area contributed by atoms with Crippen LogP contribution in [0.1, 0.15) is 87.1 Å². The molecule has 0 spiro atoms. The first-order chi connectivity index (χ1) is 29.0. The SMILES string of the molecule is O=C(Cc1ccccc1)N1CCC[C@H]1c1nc2c(ccc3cc(-c4ccc5cc(-c6cnc([C@@H]7CCCCN7C(=O)C7(C8CCOCC8)CC7)[nH]6)ccc5c4)ccc32)[nH]1. The second-order valence-electron chi connectivity index (χ2n) is 17.4. The molecule has 5 heterocycles. The summed E-state index contributed by atoms with van der Waals surface area (Å²) in [5.74, 6) is 2.72. The molecule has 7 aromatic rings. The van der Waals surface area contributed by atoms with Gasteiger partial charge in [-0.2, -0.15) is 0 Å². The number of nitrogens with one attached hydrogen (secondary N) is 2. The number of fused-ring (bicyclic) bond motifs is 4. The molecule has 298 valence electrons. The zero-order chi connectivity index (χ0) is 39.5. The molecule has 59 heavy (non-hydrogen) atoms. The number of carbonyl (C=O) groups excluding carboxylic acids is 2. The third-order valence-electron chi connectivity index (χ3n) is 14.0. The van der Waals surface area contributed by atoms with Crippen LogP contribution in [0.25, 0.3) is 55.0 Å². The number of amides is 2. The minimum atomic E-state index is -0.181. The smallest absolute Gasteiger partial charge is 0.229 e. The molecule has 1 saturated carbocycles. The van der Waals surface area contributed by atoms with E-state index in [0.29, 0.717) is 18.2 Å². The zero-order valence-corrected chi connectivity index (χ0v) is 33.5. The number of aromatic amines is 2. The first-order valence-corrected chi connectivity index (χ1v) is 21.7. The molecule has 11 rings (SSSR count). The Balaban J connectivity index is 0.814. The molecule has 9 nitrogen and oxygen atoms in total. The fraction of sp³-hybridized carbons (Fsp3) is 0.360. The Kier molecular flexibility index (Phi) is 9.10. The highest BCUT2D eigenvalue weighted by atomic mass is 16.5. The van der Waals surface area contributed by atoms with Gasteiger partial charge in [0.1, 0.15) is 11.6 Å². The van der Waals surface area contributed by atoms with Gasteiger partial charge >= 0.3 is 0 Å². The average Bonchev–Trinajstić information content (AvgIpc) is 3.59. The van der Waals surface area contributed by atoms with Gasteiger partial charge in [0.15, 0.2) is 0 Å². The van der Waals surface area contributed by atoms with Gasteiger partial charge in [-0.05, 0) is 121 Å². The van der Waals surface area contributed by atoms with E-state index in [1.165, 1.54) is 10.8 Å². The van der Waals surface area contributed by atoms with E-state index in [-0.39, 0.29) is 23.4 Å². The van der Waals surface area contributed by atoms with Crippen molar-refractivity contribution in [3.8, 4) is 22.4 Å². The van der Waals surface area contributed by atoms with Gasteiger partial charge in [0.2, 0.25) is 11.8 Å². The van der Waals surface area contributed by atoms with Crippen LogP contribution in [0, 0.1) is 11.3 Å². The highest BCUT2D eigenvalue weighted by Crippen LogP contribution is 2.57. The third-order valence-corrected chi connectivity index (χ3v) is 14.0. The lowest BCUT2D eigenvalue weighted by Gasteiger charge is -2.39. The van der Waals surface area contributed by atoms with Crippen molar-refractivity contribution in [1.29, 1.82) is 0 Å². The van der Waals surface area contributed by atoms with Crippen LogP contribution in [0.5, 0.6) is 0 Å². The molecule has 1 aliphatic carbocycles. The zero-order valence-electron chi connectivity index (χ0n) is 33.5. The Bertz CT molecular complexity index is 2710. The summed E-state index contributed by atoms with van der Waals surface area (Å²) in [6, 6.07) is 34.1. The Hall–Kier alpha value is -5.80. The van der Waals surface area contributed by atoms with Crippen LogP contribution >= 0.6 is 0 Å². The van der Waals surface area contributed by atoms with E-state index < -0.39 is 0 Å². The molecule has 3 saturated heterocycles. The maximum Gasteiger partial charge on any atom is 0.229 e. The summed E-state index contributed by atoms with van der Waals surface area (Å²) < 4.78 is 5.64. The minimum absolute atomic E-state index is 0.00282. The number of imidazole rings is 2. The van der Waals surface area contributed by atoms with E-state index >= 15 is 0 Å². The van der Waals surface area contributed by atoms with Gasteiger partial charge < -0.3 is 24.5 Å². The molecule has 2 atom stereocenters. The molecule has 0 bridgehead atoms. The van der Waals surface area contributed by atoms with Crippen molar-refractivity contribution >= 4 is 44.4 Å². The van der Waals surface area contributed by atoms with E-state index in [1.54, 1.807) is 0 Å². The minimum Gasteiger partial charge on any atom is -0.381 e. The lowest BCUT2D eigenvalue weighted by molar-refractivity contribution is -0.145.